The molecule has 0 atom stereocenters. The third kappa shape index (κ3) is 0.971. The second-order valence-electron chi connectivity index (χ2n) is 1.00. The quantitative estimate of drug-likeness (QED) is 0.427. The molecule has 0 amide bonds. The molecular weight excluding hydrogens is 118 g/mol. The van der Waals surface area contributed by atoms with Gasteiger partial charge >= 0.3 is 10.3 Å². The Balaban J connectivity index is 2.99. The van der Waals surface area contributed by atoms with Crippen molar-refractivity contribution in [2.45, 2.75) is 0 Å². The molecule has 0 saturated heterocycles. The van der Waals surface area contributed by atoms with Crippen molar-refractivity contribution in [2.24, 2.45) is 4.40 Å². The van der Waals surface area contributed by atoms with Crippen LogP contribution in [0.1, 0.15) is 0 Å². The maximum Gasteiger partial charge on any atom is 0.380 e. The van der Waals surface area contributed by atoms with Crippen molar-refractivity contribution >= 4 is 16.5 Å². The van der Waals surface area contributed by atoms with Crippen LogP contribution in [0, 0.1) is 0 Å². The van der Waals surface area contributed by atoms with Gasteiger partial charge in [-0.05, 0) is 0 Å². The summed E-state index contributed by atoms with van der Waals surface area (Å²) in [4.78, 5) is 0. The SMILES string of the molecule is O=S1(=O)N=CCO1. The lowest BCUT2D eigenvalue weighted by atomic mass is 10.8. The molecule has 0 aliphatic carbocycles. The molecule has 0 N–H and O–H groups in total. The van der Waals surface area contributed by atoms with Crippen LogP contribution in [-0.2, 0) is 14.5 Å². The van der Waals surface area contributed by atoms with Gasteiger partial charge in [-0.2, -0.15) is 8.42 Å². The van der Waals surface area contributed by atoms with Gasteiger partial charge in [-0.15, -0.1) is 4.40 Å². The lowest BCUT2D eigenvalue weighted by Gasteiger charge is -1.81. The van der Waals surface area contributed by atoms with Gasteiger partial charge in [-0.25, -0.2) is 4.18 Å². The van der Waals surface area contributed by atoms with E-state index in [0.29, 0.717) is 0 Å². The Labute approximate surface area is 41.1 Å². The van der Waals surface area contributed by atoms with E-state index in [9.17, 15) is 8.42 Å². The van der Waals surface area contributed by atoms with Crippen LogP contribution < -0.4 is 0 Å². The Hall–Kier alpha value is -0.420. The molecule has 7 heavy (non-hydrogen) atoms. The Morgan fingerprint density at radius 3 is 2.57 bits per heavy atom. The lowest BCUT2D eigenvalue weighted by molar-refractivity contribution is 0.384. The maximum atomic E-state index is 10.0. The molecule has 0 aromatic carbocycles. The van der Waals surface area contributed by atoms with Crippen molar-refractivity contribution in [2.75, 3.05) is 6.61 Å². The van der Waals surface area contributed by atoms with Gasteiger partial charge in [0.25, 0.3) is 0 Å². The van der Waals surface area contributed by atoms with Crippen molar-refractivity contribution in [3.05, 3.63) is 0 Å². The first-order chi connectivity index (χ1) is 3.21. The molecule has 1 rings (SSSR count). The molecule has 0 unspecified atom stereocenters. The minimum Gasteiger partial charge on any atom is -0.246 e. The summed E-state index contributed by atoms with van der Waals surface area (Å²) >= 11 is 0. The van der Waals surface area contributed by atoms with Crippen molar-refractivity contribution < 1.29 is 12.6 Å². The fraction of sp³-hybridized carbons (Fsp3) is 0.500. The zero-order valence-electron chi connectivity index (χ0n) is 3.36. The zero-order chi connectivity index (χ0) is 5.33. The van der Waals surface area contributed by atoms with Crippen molar-refractivity contribution in [3.8, 4) is 0 Å². The van der Waals surface area contributed by atoms with Gasteiger partial charge in [-0.1, -0.05) is 0 Å². The van der Waals surface area contributed by atoms with Crippen LogP contribution >= 0.6 is 0 Å². The Morgan fingerprint density at radius 1 is 1.71 bits per heavy atom. The Morgan fingerprint density at radius 2 is 2.43 bits per heavy atom. The van der Waals surface area contributed by atoms with E-state index in [1.807, 2.05) is 0 Å². The fourth-order valence-electron chi connectivity index (χ4n) is 0.269. The van der Waals surface area contributed by atoms with Crippen LogP contribution in [0.2, 0.25) is 0 Å². The molecule has 0 aromatic heterocycles. The maximum absolute atomic E-state index is 10.0. The summed E-state index contributed by atoms with van der Waals surface area (Å²) in [7, 11) is -3.48. The number of hydrogen-bond acceptors (Lipinski definition) is 3. The van der Waals surface area contributed by atoms with Gasteiger partial charge in [0.2, 0.25) is 0 Å². The van der Waals surface area contributed by atoms with Crippen LogP contribution in [0.5, 0.6) is 0 Å². The first-order valence-corrected chi connectivity index (χ1v) is 3.00. The van der Waals surface area contributed by atoms with E-state index in [1.54, 1.807) is 0 Å². The minimum absolute atomic E-state index is 0.0856. The number of hydrogen-bond donors (Lipinski definition) is 0. The minimum atomic E-state index is -3.48. The van der Waals surface area contributed by atoms with Crippen LogP contribution in [0.15, 0.2) is 4.40 Å². The van der Waals surface area contributed by atoms with Crippen molar-refractivity contribution in [1.29, 1.82) is 0 Å². The summed E-state index contributed by atoms with van der Waals surface area (Å²) in [6.45, 7) is 0.0856. The predicted octanol–water partition coefficient (Wildman–Crippen LogP) is -0.668. The summed E-state index contributed by atoms with van der Waals surface area (Å²) in [5, 5.41) is 0. The molecule has 0 aromatic rings. The second kappa shape index (κ2) is 1.28. The smallest absolute Gasteiger partial charge is 0.246 e. The first kappa shape index (κ1) is 4.73. The Kier molecular flexibility index (Phi) is 0.862. The summed E-state index contributed by atoms with van der Waals surface area (Å²) in [5.41, 5.74) is 0. The molecule has 1 aliphatic heterocycles. The lowest BCUT2D eigenvalue weighted by Crippen LogP contribution is -1.92. The van der Waals surface area contributed by atoms with E-state index in [2.05, 4.69) is 8.58 Å². The second-order valence-corrected chi connectivity index (χ2v) is 2.30. The molecule has 0 fully saturated rings. The first-order valence-electron chi connectivity index (χ1n) is 1.64. The van der Waals surface area contributed by atoms with E-state index in [-0.39, 0.29) is 6.61 Å². The van der Waals surface area contributed by atoms with Crippen molar-refractivity contribution in [3.63, 3.8) is 0 Å². The largest absolute Gasteiger partial charge is 0.380 e. The monoisotopic (exact) mass is 121 g/mol. The van der Waals surface area contributed by atoms with Gasteiger partial charge in [0.05, 0.1) is 0 Å². The molecular formula is C2H3NO3S. The highest BCUT2D eigenvalue weighted by atomic mass is 32.2. The third-order valence-corrected chi connectivity index (χ3v) is 1.34. The van der Waals surface area contributed by atoms with Crippen LogP contribution in [0.4, 0.5) is 0 Å². The van der Waals surface area contributed by atoms with E-state index in [0.717, 1.165) is 0 Å². The molecule has 0 spiro atoms. The molecule has 5 heteroatoms. The topological polar surface area (TPSA) is 55.7 Å². The molecule has 4 nitrogen and oxygen atoms in total. The summed E-state index contributed by atoms with van der Waals surface area (Å²) < 4.78 is 27.1. The van der Waals surface area contributed by atoms with Crippen molar-refractivity contribution in [1.82, 2.24) is 0 Å². The molecule has 40 valence electrons. The normalized spacial score (nSPS) is 25.7. The fourth-order valence-corrected chi connectivity index (χ4v) is 0.806. The highest BCUT2D eigenvalue weighted by molar-refractivity contribution is 7.85. The summed E-state index contributed by atoms with van der Waals surface area (Å²) in [6.07, 6.45) is 1.20. The third-order valence-electron chi connectivity index (χ3n) is 0.495. The van der Waals surface area contributed by atoms with Gasteiger partial charge in [0.1, 0.15) is 6.61 Å². The van der Waals surface area contributed by atoms with Gasteiger partial charge in [0, 0.05) is 6.21 Å². The average Bonchev–Trinajstić information content (AvgIpc) is 1.84. The van der Waals surface area contributed by atoms with E-state index >= 15 is 0 Å². The molecule has 0 radical (unpaired) electrons. The van der Waals surface area contributed by atoms with Gasteiger partial charge in [-0.3, -0.25) is 0 Å². The predicted molar refractivity (Wildman–Crippen MR) is 23.4 cm³/mol. The van der Waals surface area contributed by atoms with Gasteiger partial charge < -0.3 is 0 Å². The Bertz CT molecular complexity index is 179. The number of rotatable bonds is 0. The summed E-state index contributed by atoms with van der Waals surface area (Å²) in [5.74, 6) is 0. The summed E-state index contributed by atoms with van der Waals surface area (Å²) in [6, 6.07) is 0. The van der Waals surface area contributed by atoms with E-state index < -0.39 is 10.3 Å². The zero-order valence-corrected chi connectivity index (χ0v) is 4.18. The molecule has 1 aliphatic rings. The van der Waals surface area contributed by atoms with Gasteiger partial charge in [0.15, 0.2) is 0 Å². The van der Waals surface area contributed by atoms with E-state index in [4.69, 9.17) is 0 Å². The highest BCUT2D eigenvalue weighted by Gasteiger charge is 2.10. The molecule has 0 bridgehead atoms. The standard InChI is InChI=1S/C2H3NO3S/c4-7(5)3-1-2-6-7/h1H,2H2. The number of nitrogens with zero attached hydrogens (tertiary/aromatic N) is 1. The van der Waals surface area contributed by atoms with Crippen LogP contribution in [0.3, 0.4) is 0 Å². The highest BCUT2D eigenvalue weighted by Crippen LogP contribution is 1.97. The van der Waals surface area contributed by atoms with Crippen LogP contribution in [-0.4, -0.2) is 21.2 Å². The average molecular weight is 121 g/mol. The molecule has 1 heterocycles. The van der Waals surface area contributed by atoms with Crippen LogP contribution in [0.25, 0.3) is 0 Å². The molecule has 0 saturated carbocycles. The van der Waals surface area contributed by atoms with E-state index in [1.165, 1.54) is 6.21 Å².